The second kappa shape index (κ2) is 9.14. The summed E-state index contributed by atoms with van der Waals surface area (Å²) in [6.07, 6.45) is 2.77. The summed E-state index contributed by atoms with van der Waals surface area (Å²) in [5.74, 6) is 0.853. The van der Waals surface area contributed by atoms with E-state index in [4.69, 9.17) is 9.47 Å². The standard InChI is InChI=1S/C14H20BrNO2/c1-3-4-8-18-9-7-16-11-12-5-6-14(17-2)13(15)10-12/h3,5-6,10,16H,1,4,7-9,11H2,2H3. The van der Waals surface area contributed by atoms with Gasteiger partial charge in [0.25, 0.3) is 0 Å². The molecular weight excluding hydrogens is 294 g/mol. The zero-order chi connectivity index (χ0) is 13.2. The van der Waals surface area contributed by atoms with E-state index < -0.39 is 0 Å². The molecule has 0 aliphatic carbocycles. The molecule has 1 aromatic carbocycles. The summed E-state index contributed by atoms with van der Waals surface area (Å²) in [4.78, 5) is 0. The van der Waals surface area contributed by atoms with Crippen molar-refractivity contribution in [2.75, 3.05) is 26.9 Å². The number of methoxy groups -OCH3 is 1. The lowest BCUT2D eigenvalue weighted by molar-refractivity contribution is 0.140. The fourth-order valence-electron chi connectivity index (χ4n) is 1.47. The Morgan fingerprint density at radius 2 is 2.22 bits per heavy atom. The summed E-state index contributed by atoms with van der Waals surface area (Å²) in [5.41, 5.74) is 1.22. The Labute approximate surface area is 117 Å². The van der Waals surface area contributed by atoms with Crippen LogP contribution in [0.25, 0.3) is 0 Å². The van der Waals surface area contributed by atoms with E-state index in [1.165, 1.54) is 5.56 Å². The molecule has 0 atom stereocenters. The summed E-state index contributed by atoms with van der Waals surface area (Å²) in [7, 11) is 1.67. The average Bonchev–Trinajstić information content (AvgIpc) is 2.38. The van der Waals surface area contributed by atoms with Gasteiger partial charge in [0.15, 0.2) is 0 Å². The van der Waals surface area contributed by atoms with E-state index in [0.29, 0.717) is 0 Å². The lowest BCUT2D eigenvalue weighted by Gasteiger charge is -2.08. The number of ether oxygens (including phenoxy) is 2. The third-order valence-electron chi connectivity index (χ3n) is 2.43. The van der Waals surface area contributed by atoms with Gasteiger partial charge in [0.2, 0.25) is 0 Å². The van der Waals surface area contributed by atoms with Crippen molar-refractivity contribution in [1.82, 2.24) is 5.32 Å². The molecule has 0 aliphatic rings. The Kier molecular flexibility index (Phi) is 7.73. The van der Waals surface area contributed by atoms with Crippen LogP contribution in [0.4, 0.5) is 0 Å². The van der Waals surface area contributed by atoms with E-state index in [1.807, 2.05) is 12.1 Å². The van der Waals surface area contributed by atoms with E-state index >= 15 is 0 Å². The van der Waals surface area contributed by atoms with Gasteiger partial charge in [0.05, 0.1) is 24.8 Å². The lowest BCUT2D eigenvalue weighted by atomic mass is 10.2. The highest BCUT2D eigenvalue weighted by molar-refractivity contribution is 9.10. The second-order valence-corrected chi connectivity index (χ2v) is 4.69. The van der Waals surface area contributed by atoms with Crippen molar-refractivity contribution in [2.45, 2.75) is 13.0 Å². The van der Waals surface area contributed by atoms with Gasteiger partial charge in [-0.05, 0) is 40.0 Å². The van der Waals surface area contributed by atoms with Crippen LogP contribution < -0.4 is 10.1 Å². The van der Waals surface area contributed by atoms with Crippen molar-refractivity contribution in [3.8, 4) is 5.75 Å². The molecule has 0 heterocycles. The van der Waals surface area contributed by atoms with E-state index in [9.17, 15) is 0 Å². The molecule has 0 radical (unpaired) electrons. The predicted octanol–water partition coefficient (Wildman–Crippen LogP) is 3.14. The number of halogens is 1. The molecule has 0 aliphatic heterocycles. The molecule has 100 valence electrons. The van der Waals surface area contributed by atoms with Crippen LogP contribution in [0, 0.1) is 0 Å². The van der Waals surface area contributed by atoms with Gasteiger partial charge in [-0.3, -0.25) is 0 Å². The molecule has 0 bridgehead atoms. The summed E-state index contributed by atoms with van der Waals surface area (Å²) >= 11 is 3.47. The molecule has 1 aromatic rings. The SMILES string of the molecule is C=CCCOCCNCc1ccc(OC)c(Br)c1. The van der Waals surface area contributed by atoms with Crippen LogP contribution in [0.15, 0.2) is 35.3 Å². The maximum Gasteiger partial charge on any atom is 0.133 e. The Bertz CT molecular complexity index is 369. The van der Waals surface area contributed by atoms with Gasteiger partial charge >= 0.3 is 0 Å². The van der Waals surface area contributed by atoms with E-state index in [0.717, 1.165) is 42.9 Å². The summed E-state index contributed by atoms with van der Waals surface area (Å²) in [5, 5.41) is 3.33. The Balaban J connectivity index is 2.19. The first kappa shape index (κ1) is 15.2. The normalized spacial score (nSPS) is 10.3. The molecule has 4 heteroatoms. The van der Waals surface area contributed by atoms with Crippen molar-refractivity contribution < 1.29 is 9.47 Å². The highest BCUT2D eigenvalue weighted by atomic mass is 79.9. The molecule has 0 aromatic heterocycles. The molecular formula is C14H20BrNO2. The Morgan fingerprint density at radius 3 is 2.89 bits per heavy atom. The number of hydrogen-bond acceptors (Lipinski definition) is 3. The van der Waals surface area contributed by atoms with Crippen LogP contribution in [0.5, 0.6) is 5.75 Å². The van der Waals surface area contributed by atoms with E-state index in [2.05, 4.69) is 40.0 Å². The van der Waals surface area contributed by atoms with Crippen LogP contribution in [-0.2, 0) is 11.3 Å². The zero-order valence-corrected chi connectivity index (χ0v) is 12.3. The fraction of sp³-hybridized carbons (Fsp3) is 0.429. The van der Waals surface area contributed by atoms with Gasteiger partial charge in [-0.15, -0.1) is 6.58 Å². The average molecular weight is 314 g/mol. The summed E-state index contributed by atoms with van der Waals surface area (Å²) in [6, 6.07) is 6.07. The summed E-state index contributed by atoms with van der Waals surface area (Å²) in [6.45, 7) is 6.80. The Morgan fingerprint density at radius 1 is 1.39 bits per heavy atom. The molecule has 1 N–H and O–H groups in total. The number of hydrogen-bond donors (Lipinski definition) is 1. The molecule has 0 spiro atoms. The summed E-state index contributed by atoms with van der Waals surface area (Å²) < 4.78 is 11.6. The quantitative estimate of drug-likeness (QED) is 0.561. The van der Waals surface area contributed by atoms with Gasteiger partial charge in [-0.1, -0.05) is 12.1 Å². The monoisotopic (exact) mass is 313 g/mol. The fourth-order valence-corrected chi connectivity index (χ4v) is 2.05. The lowest BCUT2D eigenvalue weighted by Crippen LogP contribution is -2.19. The van der Waals surface area contributed by atoms with Crippen LogP contribution in [0.3, 0.4) is 0 Å². The molecule has 0 amide bonds. The highest BCUT2D eigenvalue weighted by Gasteiger charge is 2.00. The maximum absolute atomic E-state index is 5.41. The van der Waals surface area contributed by atoms with E-state index in [1.54, 1.807) is 7.11 Å². The van der Waals surface area contributed by atoms with Gasteiger partial charge in [-0.25, -0.2) is 0 Å². The van der Waals surface area contributed by atoms with Crippen molar-refractivity contribution in [1.29, 1.82) is 0 Å². The highest BCUT2D eigenvalue weighted by Crippen LogP contribution is 2.25. The molecule has 0 unspecified atom stereocenters. The Hall–Kier alpha value is -0.840. The molecule has 0 saturated carbocycles. The minimum Gasteiger partial charge on any atom is -0.496 e. The zero-order valence-electron chi connectivity index (χ0n) is 10.7. The minimum atomic E-state index is 0.727. The minimum absolute atomic E-state index is 0.727. The maximum atomic E-state index is 5.41. The molecule has 18 heavy (non-hydrogen) atoms. The largest absolute Gasteiger partial charge is 0.496 e. The van der Waals surface area contributed by atoms with Gasteiger partial charge in [0, 0.05) is 13.1 Å². The van der Waals surface area contributed by atoms with Crippen LogP contribution in [0.2, 0.25) is 0 Å². The number of nitrogens with one attached hydrogen (secondary N) is 1. The molecule has 3 nitrogen and oxygen atoms in total. The first-order valence-corrected chi connectivity index (χ1v) is 6.79. The van der Waals surface area contributed by atoms with E-state index in [-0.39, 0.29) is 0 Å². The smallest absolute Gasteiger partial charge is 0.133 e. The predicted molar refractivity (Wildman–Crippen MR) is 78.0 cm³/mol. The molecule has 0 fully saturated rings. The topological polar surface area (TPSA) is 30.5 Å². The van der Waals surface area contributed by atoms with Crippen LogP contribution in [0.1, 0.15) is 12.0 Å². The van der Waals surface area contributed by atoms with Crippen LogP contribution in [-0.4, -0.2) is 26.9 Å². The van der Waals surface area contributed by atoms with Gasteiger partial charge in [0.1, 0.15) is 5.75 Å². The first-order chi connectivity index (χ1) is 8.77. The number of rotatable bonds is 9. The van der Waals surface area contributed by atoms with Gasteiger partial charge in [-0.2, -0.15) is 0 Å². The third kappa shape index (κ3) is 5.67. The first-order valence-electron chi connectivity index (χ1n) is 5.99. The second-order valence-electron chi connectivity index (χ2n) is 3.84. The van der Waals surface area contributed by atoms with Crippen molar-refractivity contribution >= 4 is 15.9 Å². The number of benzene rings is 1. The molecule has 1 rings (SSSR count). The van der Waals surface area contributed by atoms with Crippen LogP contribution >= 0.6 is 15.9 Å². The molecule has 0 saturated heterocycles. The third-order valence-corrected chi connectivity index (χ3v) is 3.05. The van der Waals surface area contributed by atoms with Crippen molar-refractivity contribution in [3.63, 3.8) is 0 Å². The van der Waals surface area contributed by atoms with Crippen molar-refractivity contribution in [2.24, 2.45) is 0 Å². The van der Waals surface area contributed by atoms with Gasteiger partial charge < -0.3 is 14.8 Å². The van der Waals surface area contributed by atoms with Crippen molar-refractivity contribution in [3.05, 3.63) is 40.9 Å².